The van der Waals surface area contributed by atoms with Gasteiger partial charge in [0.1, 0.15) is 30.7 Å². The first kappa shape index (κ1) is 31.4. The summed E-state index contributed by atoms with van der Waals surface area (Å²) >= 11 is 0. The number of pyridine rings is 2. The van der Waals surface area contributed by atoms with Gasteiger partial charge in [0.25, 0.3) is 0 Å². The molecule has 13 heterocycles. The average Bonchev–Trinajstić information content (AvgIpc) is 3.28. The smallest absolute Gasteiger partial charge is 0.238 e. The van der Waals surface area contributed by atoms with Gasteiger partial charge in [-0.3, -0.25) is 0 Å². The lowest BCUT2D eigenvalue weighted by molar-refractivity contribution is 0.817. The van der Waals surface area contributed by atoms with Crippen LogP contribution in [0, 0.1) is 0 Å². The highest BCUT2D eigenvalue weighted by molar-refractivity contribution is 6.40. The van der Waals surface area contributed by atoms with Crippen molar-refractivity contribution in [1.29, 1.82) is 0 Å². The summed E-state index contributed by atoms with van der Waals surface area (Å²) in [5.74, 6) is 1.70. The minimum atomic E-state index is -0.0329. The highest BCUT2D eigenvalue weighted by atomic mass is 15.6. The van der Waals surface area contributed by atoms with Crippen molar-refractivity contribution in [1.82, 2.24) is 34.6 Å². The molecule has 282 valence electrons. The number of fused-ring (bicyclic) bond motifs is 3. The van der Waals surface area contributed by atoms with Gasteiger partial charge in [0.15, 0.2) is 0 Å². The molecule has 10 aliphatic heterocycles. The Hall–Kier alpha value is -9.76. The van der Waals surface area contributed by atoms with E-state index in [1.54, 1.807) is 67.3 Å². The summed E-state index contributed by atoms with van der Waals surface area (Å²) in [6.45, 7) is 0. The van der Waals surface area contributed by atoms with Gasteiger partial charge in [-0.2, -0.15) is 59.9 Å². The van der Waals surface area contributed by atoms with Crippen molar-refractivity contribution in [2.45, 2.75) is 0 Å². The molecule has 60 heavy (non-hydrogen) atoms. The van der Waals surface area contributed by atoms with E-state index in [0.29, 0.717) is 11.6 Å². The van der Waals surface area contributed by atoms with E-state index < -0.39 is 0 Å². The first-order valence-corrected chi connectivity index (χ1v) is 17.5. The van der Waals surface area contributed by atoms with Gasteiger partial charge in [-0.25, -0.2) is 79.3 Å². The lowest BCUT2D eigenvalue weighted by atomic mass is 10.4. The van der Waals surface area contributed by atoms with E-state index in [4.69, 9.17) is 59.9 Å². The van der Waals surface area contributed by atoms with Crippen LogP contribution in [-0.2, 0) is 0 Å². The molecule has 0 unspecified atom stereocenters. The summed E-state index contributed by atoms with van der Waals surface area (Å²) in [5, 5.41) is 0. The fourth-order valence-electron chi connectivity index (χ4n) is 6.46. The van der Waals surface area contributed by atoms with E-state index >= 15 is 0 Å². The Morgan fingerprint density at radius 1 is 0.267 bits per heavy atom. The standard InChI is InChI=1S/C32H14N28/c1-3-8-33-15(6-1)55-24-43-18-37-12-38-19-44-25(50-30(49-24)58(18)19)56(16-7-2-4-9-34-16)27-46-21-40-14-42-23-48-29(54-32(52-27)60(21)23)57(17-35-10-5-11-36-17)28-47-22-41-13-39-20-45-26(55)51-31(53-28)59(20)22/h1-14H. The van der Waals surface area contributed by atoms with Gasteiger partial charge < -0.3 is 0 Å². The Morgan fingerprint density at radius 2 is 0.583 bits per heavy atom. The number of hydrogen-bond donors (Lipinski definition) is 0. The number of aromatic nitrogens is 4. The molecule has 3 aromatic rings. The molecule has 28 nitrogen and oxygen atoms in total. The molecule has 10 aliphatic rings. The number of rotatable bonds is 3. The Balaban J connectivity index is 1.12. The van der Waals surface area contributed by atoms with Crippen LogP contribution in [-0.4, -0.2) is 143 Å². The molecule has 0 saturated heterocycles. The zero-order valence-corrected chi connectivity index (χ0v) is 29.6. The Bertz CT molecular complexity index is 2840. The predicted octanol–water partition coefficient (Wildman–Crippen LogP) is -0.447. The van der Waals surface area contributed by atoms with Crippen molar-refractivity contribution < 1.29 is 0 Å². The second kappa shape index (κ2) is 11.9. The molecule has 0 saturated carbocycles. The highest BCUT2D eigenvalue weighted by Crippen LogP contribution is 2.28. The van der Waals surface area contributed by atoms with Crippen LogP contribution in [0.1, 0.15) is 0 Å². The van der Waals surface area contributed by atoms with Gasteiger partial charge in [0.05, 0.1) is 0 Å². The third kappa shape index (κ3) is 4.64. The molecule has 0 aromatic carbocycles. The number of anilines is 3. The van der Waals surface area contributed by atoms with Crippen molar-refractivity contribution in [2.75, 3.05) is 14.7 Å². The summed E-state index contributed by atoms with van der Waals surface area (Å²) in [7, 11) is 0. The minimum Gasteiger partial charge on any atom is -0.238 e. The van der Waals surface area contributed by atoms with Gasteiger partial charge in [-0.05, 0) is 30.3 Å². The second-order valence-electron chi connectivity index (χ2n) is 12.4. The summed E-state index contributed by atoms with van der Waals surface area (Å²) in [6, 6.07) is 12.2. The van der Waals surface area contributed by atoms with E-state index in [1.807, 2.05) is 0 Å². The number of nitrogens with zero attached hydrogens (tertiary/aromatic N) is 28. The molecule has 0 atom stereocenters. The van der Waals surface area contributed by atoms with Gasteiger partial charge in [-0.15, -0.1) is 0 Å². The van der Waals surface area contributed by atoms with E-state index in [2.05, 4.69) is 49.9 Å². The monoisotopic (exact) mass is 790 g/mol. The fraction of sp³-hybridized carbons (Fsp3) is 0. The van der Waals surface area contributed by atoms with Crippen molar-refractivity contribution in [2.24, 2.45) is 89.9 Å². The SMILES string of the molecule is C1=NC2=NC3=NC4=NC(=NC(=N1)N24)N(c1ccccn1)C1=NC2=NC(=NC4=NC=NC(=N1)N42)N(c1ncccn1)C1=NC2=NC=NC4=NC(=NC(=N1)N24)N3c1ccccn1. The number of guanidine groups is 15. The van der Waals surface area contributed by atoms with Crippen LogP contribution >= 0.6 is 0 Å². The highest BCUT2D eigenvalue weighted by Gasteiger charge is 2.44. The lowest BCUT2D eigenvalue weighted by Crippen LogP contribution is -2.55. The predicted molar refractivity (Wildman–Crippen MR) is 220 cm³/mol. The van der Waals surface area contributed by atoms with Crippen LogP contribution in [0.25, 0.3) is 0 Å². The molecule has 0 N–H and O–H groups in total. The lowest BCUT2D eigenvalue weighted by Gasteiger charge is -2.36. The second-order valence-corrected chi connectivity index (χ2v) is 12.4. The largest absolute Gasteiger partial charge is 0.246 e. The van der Waals surface area contributed by atoms with E-state index in [9.17, 15) is 0 Å². The molecule has 0 spiro atoms. The Kier molecular flexibility index (Phi) is 6.22. The van der Waals surface area contributed by atoms with Gasteiger partial charge in [0, 0.05) is 24.8 Å². The fourth-order valence-corrected chi connectivity index (χ4v) is 6.46. The van der Waals surface area contributed by atoms with Crippen LogP contribution in [0.2, 0.25) is 0 Å². The summed E-state index contributed by atoms with van der Waals surface area (Å²) in [4.78, 5) is 112. The van der Waals surface area contributed by atoms with E-state index in [-0.39, 0.29) is 95.3 Å². The van der Waals surface area contributed by atoms with Gasteiger partial charge in [0.2, 0.25) is 95.3 Å². The maximum Gasteiger partial charge on any atom is 0.246 e. The van der Waals surface area contributed by atoms with Gasteiger partial charge >= 0.3 is 0 Å². The zero-order chi connectivity index (χ0) is 39.3. The van der Waals surface area contributed by atoms with Crippen molar-refractivity contribution in [3.05, 3.63) is 67.3 Å². The number of aliphatic imine (C=N–C) groups is 18. The molecule has 13 rings (SSSR count). The zero-order valence-electron chi connectivity index (χ0n) is 29.6. The molecule has 3 aromatic heterocycles. The third-order valence-electron chi connectivity index (χ3n) is 8.95. The molecule has 28 heteroatoms. The molecule has 0 aliphatic carbocycles. The topological polar surface area (TPSA) is 293 Å². The Morgan fingerprint density at radius 3 is 0.950 bits per heavy atom. The average molecular weight is 791 g/mol. The maximum atomic E-state index is 4.92. The molecule has 0 radical (unpaired) electrons. The molecular formula is C32H14N28. The van der Waals surface area contributed by atoms with Crippen molar-refractivity contribution in [3.8, 4) is 0 Å². The summed E-state index contributed by atoms with van der Waals surface area (Å²) in [5.41, 5.74) is 0. The maximum absolute atomic E-state index is 4.92. The summed E-state index contributed by atoms with van der Waals surface area (Å²) in [6.07, 6.45) is 10.2. The van der Waals surface area contributed by atoms with Crippen LogP contribution in [0.3, 0.4) is 0 Å². The van der Waals surface area contributed by atoms with Crippen LogP contribution in [0.5, 0.6) is 0 Å². The summed E-state index contributed by atoms with van der Waals surface area (Å²) < 4.78 is 0. The van der Waals surface area contributed by atoms with E-state index in [0.717, 1.165) is 0 Å². The van der Waals surface area contributed by atoms with Crippen LogP contribution in [0.4, 0.5) is 17.6 Å². The first-order chi connectivity index (χ1) is 29.7. The normalized spacial score (nSPS) is 21.1. The molecule has 0 fully saturated rings. The molecule has 9 bridgehead atoms. The minimum absolute atomic E-state index is 0.0140. The Labute approximate surface area is 332 Å². The first-order valence-electron chi connectivity index (χ1n) is 17.5. The number of hydrogen-bond acceptors (Lipinski definition) is 28. The van der Waals surface area contributed by atoms with Crippen LogP contribution in [0.15, 0.2) is 157 Å². The molecular weight excluding hydrogens is 777 g/mol. The molecule has 0 amide bonds. The third-order valence-corrected chi connectivity index (χ3v) is 8.95. The quantitative estimate of drug-likeness (QED) is 0.329. The van der Waals surface area contributed by atoms with Gasteiger partial charge in [-0.1, -0.05) is 12.1 Å². The van der Waals surface area contributed by atoms with E-state index in [1.165, 1.54) is 48.4 Å². The van der Waals surface area contributed by atoms with Crippen LogP contribution < -0.4 is 14.7 Å². The van der Waals surface area contributed by atoms with Crippen molar-refractivity contribution >= 4 is 126 Å². The van der Waals surface area contributed by atoms with Crippen molar-refractivity contribution in [3.63, 3.8) is 0 Å².